The van der Waals surface area contributed by atoms with E-state index in [9.17, 15) is 0 Å². The summed E-state index contributed by atoms with van der Waals surface area (Å²) in [5.41, 5.74) is 1.14. The molecule has 0 aliphatic carbocycles. The van der Waals surface area contributed by atoms with Gasteiger partial charge in [-0.1, -0.05) is 13.8 Å². The van der Waals surface area contributed by atoms with Gasteiger partial charge in [0.05, 0.1) is 17.9 Å². The summed E-state index contributed by atoms with van der Waals surface area (Å²) in [5.74, 6) is 0. The van der Waals surface area contributed by atoms with Gasteiger partial charge in [-0.2, -0.15) is 0 Å². The monoisotopic (exact) mass is 299 g/mol. The van der Waals surface area contributed by atoms with Gasteiger partial charge in [-0.25, -0.2) is 4.98 Å². The Bertz CT molecular complexity index is 399. The second-order valence-electron chi connectivity index (χ2n) is 5.51. The maximum absolute atomic E-state index is 5.46. The lowest BCUT2D eigenvalue weighted by molar-refractivity contribution is -0.00461. The highest BCUT2D eigenvalue weighted by Gasteiger charge is 2.32. The average molecular weight is 299 g/mol. The summed E-state index contributed by atoms with van der Waals surface area (Å²) < 4.78 is 10.9. The first kappa shape index (κ1) is 15.9. The van der Waals surface area contributed by atoms with Gasteiger partial charge in [-0.05, 0) is 0 Å². The number of rotatable bonds is 7. The van der Waals surface area contributed by atoms with Crippen molar-refractivity contribution < 1.29 is 9.47 Å². The molecule has 0 spiro atoms. The van der Waals surface area contributed by atoms with Crippen LogP contribution in [0.5, 0.6) is 0 Å². The van der Waals surface area contributed by atoms with E-state index in [0.717, 1.165) is 36.9 Å². The van der Waals surface area contributed by atoms with Crippen LogP contribution in [0.25, 0.3) is 0 Å². The number of ether oxygens (including phenoxy) is 2. The van der Waals surface area contributed by atoms with Gasteiger partial charge < -0.3 is 14.8 Å². The number of likely N-dealkylation sites (tertiary alicyclic amines) is 1. The van der Waals surface area contributed by atoms with Crippen LogP contribution < -0.4 is 5.32 Å². The molecule has 1 aliphatic rings. The first-order chi connectivity index (χ1) is 9.62. The lowest BCUT2D eigenvalue weighted by atomic mass is 10.3. The number of aromatic nitrogens is 1. The average Bonchev–Trinajstić information content (AvgIpc) is 3.03. The molecule has 5 nitrogen and oxygen atoms in total. The Hall–Kier alpha value is -0.530. The SMILES string of the molecule is COC1CN(Cc2csc(CNC(C)C)n2)CC1OC. The van der Waals surface area contributed by atoms with Crippen LogP contribution in [0.4, 0.5) is 0 Å². The zero-order valence-electron chi connectivity index (χ0n) is 12.8. The first-order valence-electron chi connectivity index (χ1n) is 7.07. The van der Waals surface area contributed by atoms with Crippen LogP contribution >= 0.6 is 11.3 Å². The van der Waals surface area contributed by atoms with E-state index in [2.05, 4.69) is 34.4 Å². The Balaban J connectivity index is 1.85. The van der Waals surface area contributed by atoms with Crippen LogP contribution in [0.1, 0.15) is 24.5 Å². The van der Waals surface area contributed by atoms with Gasteiger partial charge >= 0.3 is 0 Å². The number of nitrogens with zero attached hydrogens (tertiary/aromatic N) is 2. The fourth-order valence-corrected chi connectivity index (χ4v) is 3.16. The fourth-order valence-electron chi connectivity index (χ4n) is 2.42. The highest BCUT2D eigenvalue weighted by Crippen LogP contribution is 2.19. The molecule has 0 amide bonds. The predicted octanol–water partition coefficient (Wildman–Crippen LogP) is 1.49. The van der Waals surface area contributed by atoms with Crippen molar-refractivity contribution in [3.63, 3.8) is 0 Å². The van der Waals surface area contributed by atoms with E-state index < -0.39 is 0 Å². The fraction of sp³-hybridized carbons (Fsp3) is 0.786. The lowest BCUT2D eigenvalue weighted by Gasteiger charge is -2.13. The Morgan fingerprint density at radius 2 is 2.00 bits per heavy atom. The number of methoxy groups -OCH3 is 2. The minimum absolute atomic E-state index is 0.167. The Labute approximate surface area is 125 Å². The molecule has 1 saturated heterocycles. The molecule has 0 radical (unpaired) electrons. The molecular formula is C14H25N3O2S. The minimum atomic E-state index is 0.167. The Kier molecular flexibility index (Phi) is 5.92. The number of nitrogens with one attached hydrogen (secondary N) is 1. The van der Waals surface area contributed by atoms with Gasteiger partial charge in [0.25, 0.3) is 0 Å². The lowest BCUT2D eigenvalue weighted by Crippen LogP contribution is -2.27. The Morgan fingerprint density at radius 1 is 1.35 bits per heavy atom. The molecule has 6 heteroatoms. The van der Waals surface area contributed by atoms with Crippen LogP contribution in [0.3, 0.4) is 0 Å². The van der Waals surface area contributed by atoms with Crippen molar-refractivity contribution in [2.75, 3.05) is 27.3 Å². The van der Waals surface area contributed by atoms with E-state index in [-0.39, 0.29) is 12.2 Å². The molecule has 0 saturated carbocycles. The van der Waals surface area contributed by atoms with E-state index in [1.807, 2.05) is 0 Å². The summed E-state index contributed by atoms with van der Waals surface area (Å²) in [5, 5.41) is 6.70. The van der Waals surface area contributed by atoms with Crippen LogP contribution in [-0.2, 0) is 22.6 Å². The second kappa shape index (κ2) is 7.47. The van der Waals surface area contributed by atoms with Crippen molar-refractivity contribution in [2.24, 2.45) is 0 Å². The van der Waals surface area contributed by atoms with Crippen LogP contribution in [0, 0.1) is 0 Å². The summed E-state index contributed by atoms with van der Waals surface area (Å²) in [7, 11) is 3.50. The highest BCUT2D eigenvalue weighted by molar-refractivity contribution is 7.09. The smallest absolute Gasteiger partial charge is 0.107 e. The van der Waals surface area contributed by atoms with E-state index in [1.54, 1.807) is 25.6 Å². The van der Waals surface area contributed by atoms with Crippen LogP contribution in [0.2, 0.25) is 0 Å². The van der Waals surface area contributed by atoms with E-state index >= 15 is 0 Å². The molecule has 1 fully saturated rings. The highest BCUT2D eigenvalue weighted by atomic mass is 32.1. The third-order valence-corrected chi connectivity index (χ3v) is 4.44. The van der Waals surface area contributed by atoms with Gasteiger partial charge in [0.15, 0.2) is 0 Å². The zero-order chi connectivity index (χ0) is 14.5. The van der Waals surface area contributed by atoms with Crippen molar-refractivity contribution in [3.8, 4) is 0 Å². The molecule has 2 unspecified atom stereocenters. The molecule has 2 heterocycles. The molecule has 1 aromatic heterocycles. The molecule has 2 rings (SSSR count). The summed E-state index contributed by atoms with van der Waals surface area (Å²) in [6.45, 7) is 7.84. The molecule has 114 valence electrons. The van der Waals surface area contributed by atoms with Gasteiger partial charge in [-0.15, -0.1) is 11.3 Å². The molecule has 1 aromatic rings. The van der Waals surface area contributed by atoms with Crippen molar-refractivity contribution in [1.82, 2.24) is 15.2 Å². The molecule has 20 heavy (non-hydrogen) atoms. The third kappa shape index (κ3) is 4.23. The van der Waals surface area contributed by atoms with Crippen LogP contribution in [-0.4, -0.2) is 55.4 Å². The maximum Gasteiger partial charge on any atom is 0.107 e. The minimum Gasteiger partial charge on any atom is -0.377 e. The normalized spacial score (nSPS) is 23.9. The molecule has 2 atom stereocenters. The molecule has 1 N–H and O–H groups in total. The van der Waals surface area contributed by atoms with Gasteiger partial charge in [-0.3, -0.25) is 4.90 Å². The summed E-state index contributed by atoms with van der Waals surface area (Å²) in [4.78, 5) is 7.02. The van der Waals surface area contributed by atoms with Crippen molar-refractivity contribution >= 4 is 11.3 Å². The van der Waals surface area contributed by atoms with E-state index in [4.69, 9.17) is 9.47 Å². The summed E-state index contributed by atoms with van der Waals surface area (Å²) in [6.07, 6.45) is 0.335. The first-order valence-corrected chi connectivity index (χ1v) is 7.95. The number of hydrogen-bond acceptors (Lipinski definition) is 6. The number of thiazole rings is 1. The van der Waals surface area contributed by atoms with Gasteiger partial charge in [0.2, 0.25) is 0 Å². The molecule has 0 aromatic carbocycles. The molecule has 0 bridgehead atoms. The van der Waals surface area contributed by atoms with Crippen LogP contribution in [0.15, 0.2) is 5.38 Å². The standard InChI is InChI=1S/C14H25N3O2S/c1-10(2)15-5-14-16-11(9-20-14)6-17-7-12(18-3)13(8-17)19-4/h9-10,12-13,15H,5-8H2,1-4H3. The summed E-state index contributed by atoms with van der Waals surface area (Å²) in [6, 6.07) is 0.492. The van der Waals surface area contributed by atoms with Crippen molar-refractivity contribution in [1.29, 1.82) is 0 Å². The predicted molar refractivity (Wildman–Crippen MR) is 81.0 cm³/mol. The van der Waals surface area contributed by atoms with E-state index in [0.29, 0.717) is 6.04 Å². The molecular weight excluding hydrogens is 274 g/mol. The van der Waals surface area contributed by atoms with Crippen molar-refractivity contribution in [2.45, 2.75) is 45.2 Å². The third-order valence-electron chi connectivity index (χ3n) is 3.54. The quantitative estimate of drug-likeness (QED) is 0.826. The maximum atomic E-state index is 5.46. The van der Waals surface area contributed by atoms with Crippen molar-refractivity contribution in [3.05, 3.63) is 16.1 Å². The topological polar surface area (TPSA) is 46.6 Å². The van der Waals surface area contributed by atoms with E-state index in [1.165, 1.54) is 0 Å². The zero-order valence-corrected chi connectivity index (χ0v) is 13.6. The number of hydrogen-bond donors (Lipinski definition) is 1. The molecule has 1 aliphatic heterocycles. The summed E-state index contributed by atoms with van der Waals surface area (Å²) >= 11 is 1.73. The Morgan fingerprint density at radius 3 is 2.55 bits per heavy atom. The van der Waals surface area contributed by atoms with Gasteiger partial charge in [0.1, 0.15) is 5.01 Å². The second-order valence-corrected chi connectivity index (χ2v) is 6.45. The largest absolute Gasteiger partial charge is 0.377 e. The van der Waals surface area contributed by atoms with Gasteiger partial charge in [0, 0.05) is 51.8 Å².